The van der Waals surface area contributed by atoms with E-state index in [1.54, 1.807) is 18.5 Å². The molecular formula is C18H22N6OSi. The molecule has 134 valence electrons. The van der Waals surface area contributed by atoms with Gasteiger partial charge in [-0.15, -0.1) is 0 Å². The van der Waals surface area contributed by atoms with Crippen molar-refractivity contribution in [2.24, 2.45) is 0 Å². The van der Waals surface area contributed by atoms with E-state index >= 15 is 0 Å². The lowest BCUT2D eigenvalue weighted by Gasteiger charge is -2.16. The van der Waals surface area contributed by atoms with Crippen LogP contribution in [-0.4, -0.2) is 34.2 Å². The van der Waals surface area contributed by atoms with Gasteiger partial charge in [0.1, 0.15) is 18.6 Å². The molecule has 3 rings (SSSR count). The van der Waals surface area contributed by atoms with Crippen LogP contribution < -0.4 is 5.73 Å². The van der Waals surface area contributed by atoms with E-state index in [4.69, 9.17) is 10.5 Å². The van der Waals surface area contributed by atoms with E-state index in [0.717, 1.165) is 11.6 Å². The van der Waals surface area contributed by atoms with Gasteiger partial charge in [0.05, 0.1) is 16.5 Å². The van der Waals surface area contributed by atoms with E-state index < -0.39 is 8.07 Å². The lowest BCUT2D eigenvalue weighted by molar-refractivity contribution is 0.0902. The van der Waals surface area contributed by atoms with Crippen LogP contribution in [0, 0.1) is 11.3 Å². The topological polar surface area (TPSA) is 103 Å². The van der Waals surface area contributed by atoms with Crippen molar-refractivity contribution in [1.29, 1.82) is 5.26 Å². The zero-order valence-corrected chi connectivity index (χ0v) is 16.2. The summed E-state index contributed by atoms with van der Waals surface area (Å²) in [5.74, 6) is 0.893. The summed E-state index contributed by atoms with van der Waals surface area (Å²) < 4.78 is 7.77. The molecule has 0 radical (unpaired) electrons. The Hall–Kier alpha value is -2.76. The van der Waals surface area contributed by atoms with Crippen molar-refractivity contribution in [2.75, 3.05) is 12.3 Å². The largest absolute Gasteiger partial charge is 0.383 e. The normalized spacial score (nSPS) is 11.6. The number of nitriles is 1. The SMILES string of the molecule is C[Si](C)(C)CCOCn1cc(-c2ncccn2)c2c(N)ncc(C#N)c21. The predicted octanol–water partition coefficient (Wildman–Crippen LogP) is 3.26. The molecule has 0 aliphatic carbocycles. The van der Waals surface area contributed by atoms with Gasteiger partial charge in [-0.3, -0.25) is 0 Å². The first-order chi connectivity index (χ1) is 12.4. The number of hydrogen-bond donors (Lipinski definition) is 1. The molecule has 0 fully saturated rings. The highest BCUT2D eigenvalue weighted by molar-refractivity contribution is 6.76. The summed E-state index contributed by atoms with van der Waals surface area (Å²) in [6, 6.07) is 5.02. The number of pyridine rings is 1. The molecule has 0 amide bonds. The molecule has 26 heavy (non-hydrogen) atoms. The van der Waals surface area contributed by atoms with Crippen molar-refractivity contribution in [3.8, 4) is 17.5 Å². The van der Waals surface area contributed by atoms with Gasteiger partial charge in [-0.05, 0) is 12.1 Å². The molecule has 0 saturated carbocycles. The zero-order valence-electron chi connectivity index (χ0n) is 15.2. The summed E-state index contributed by atoms with van der Waals surface area (Å²) in [5.41, 5.74) is 8.02. The number of aromatic nitrogens is 4. The summed E-state index contributed by atoms with van der Waals surface area (Å²) in [6.07, 6.45) is 6.72. The molecule has 0 aliphatic heterocycles. The van der Waals surface area contributed by atoms with Crippen molar-refractivity contribution in [2.45, 2.75) is 32.4 Å². The Kier molecular flexibility index (Phi) is 5.02. The van der Waals surface area contributed by atoms with E-state index in [1.807, 2.05) is 10.8 Å². The molecule has 0 aromatic carbocycles. The fraction of sp³-hybridized carbons (Fsp3) is 0.333. The zero-order chi connectivity index (χ0) is 18.7. The molecular weight excluding hydrogens is 344 g/mol. The molecule has 2 N–H and O–H groups in total. The second-order valence-corrected chi connectivity index (χ2v) is 12.9. The molecule has 8 heteroatoms. The van der Waals surface area contributed by atoms with Gasteiger partial charge in [0.2, 0.25) is 0 Å². The van der Waals surface area contributed by atoms with E-state index in [9.17, 15) is 5.26 Å². The van der Waals surface area contributed by atoms with Crippen molar-refractivity contribution in [3.05, 3.63) is 36.4 Å². The van der Waals surface area contributed by atoms with Crippen LogP contribution in [0.3, 0.4) is 0 Å². The highest BCUT2D eigenvalue weighted by Crippen LogP contribution is 2.33. The molecule has 3 aromatic heterocycles. The van der Waals surface area contributed by atoms with Gasteiger partial charge in [-0.2, -0.15) is 5.26 Å². The number of nitrogens with two attached hydrogens (primary N) is 1. The Bertz CT molecular complexity index is 956. The molecule has 0 spiro atoms. The third-order valence-corrected chi connectivity index (χ3v) is 5.78. The average Bonchev–Trinajstić information content (AvgIpc) is 3.00. The first kappa shape index (κ1) is 18.0. The van der Waals surface area contributed by atoms with Gasteiger partial charge in [0, 0.05) is 45.0 Å². The third kappa shape index (κ3) is 3.74. The van der Waals surface area contributed by atoms with E-state index in [0.29, 0.717) is 41.4 Å². The number of fused-ring (bicyclic) bond motifs is 1. The smallest absolute Gasteiger partial charge is 0.161 e. The minimum Gasteiger partial charge on any atom is -0.383 e. The van der Waals surface area contributed by atoms with E-state index in [-0.39, 0.29) is 0 Å². The van der Waals surface area contributed by atoms with Crippen LogP contribution >= 0.6 is 0 Å². The van der Waals surface area contributed by atoms with Gasteiger partial charge in [0.25, 0.3) is 0 Å². The second kappa shape index (κ2) is 7.23. The summed E-state index contributed by atoms with van der Waals surface area (Å²) in [7, 11) is -1.16. The van der Waals surface area contributed by atoms with Gasteiger partial charge in [0.15, 0.2) is 5.82 Å². The van der Waals surface area contributed by atoms with Crippen LogP contribution in [-0.2, 0) is 11.5 Å². The number of hydrogen-bond acceptors (Lipinski definition) is 6. The predicted molar refractivity (Wildman–Crippen MR) is 104 cm³/mol. The van der Waals surface area contributed by atoms with Crippen LogP contribution in [0.2, 0.25) is 25.7 Å². The molecule has 0 bridgehead atoms. The minimum absolute atomic E-state index is 0.339. The number of ether oxygens (including phenoxy) is 1. The van der Waals surface area contributed by atoms with E-state index in [2.05, 4.69) is 40.7 Å². The van der Waals surface area contributed by atoms with E-state index in [1.165, 1.54) is 6.20 Å². The number of nitrogens with zero attached hydrogens (tertiary/aromatic N) is 5. The lowest BCUT2D eigenvalue weighted by Crippen LogP contribution is -2.22. The second-order valence-electron chi connectivity index (χ2n) is 7.33. The summed E-state index contributed by atoms with van der Waals surface area (Å²) >= 11 is 0. The molecule has 3 aromatic rings. The number of anilines is 1. The monoisotopic (exact) mass is 366 g/mol. The van der Waals surface area contributed by atoms with Crippen LogP contribution in [0.1, 0.15) is 5.56 Å². The van der Waals surface area contributed by atoms with Crippen LogP contribution in [0.4, 0.5) is 5.82 Å². The van der Waals surface area contributed by atoms with Crippen LogP contribution in [0.5, 0.6) is 0 Å². The summed E-state index contributed by atoms with van der Waals surface area (Å²) in [4.78, 5) is 12.8. The maximum atomic E-state index is 9.50. The highest BCUT2D eigenvalue weighted by atomic mass is 28.3. The highest BCUT2D eigenvalue weighted by Gasteiger charge is 2.19. The third-order valence-electron chi connectivity index (χ3n) is 4.08. The molecule has 0 saturated heterocycles. The molecule has 3 heterocycles. The Morgan fingerprint density at radius 1 is 1.23 bits per heavy atom. The lowest BCUT2D eigenvalue weighted by atomic mass is 10.1. The number of nitrogen functional groups attached to an aromatic ring is 1. The molecule has 0 unspecified atom stereocenters. The molecule has 7 nitrogen and oxygen atoms in total. The van der Waals surface area contributed by atoms with Crippen molar-refractivity contribution in [3.63, 3.8) is 0 Å². The number of rotatable bonds is 6. The Labute approximate surface area is 153 Å². The average molecular weight is 367 g/mol. The Balaban J connectivity index is 2.03. The Morgan fingerprint density at radius 3 is 2.62 bits per heavy atom. The minimum atomic E-state index is -1.16. The first-order valence-electron chi connectivity index (χ1n) is 8.43. The summed E-state index contributed by atoms with van der Waals surface area (Å²) in [5, 5.41) is 10.2. The summed E-state index contributed by atoms with van der Waals surface area (Å²) in [6.45, 7) is 7.96. The maximum absolute atomic E-state index is 9.50. The van der Waals surface area contributed by atoms with Crippen molar-refractivity contribution < 1.29 is 4.74 Å². The van der Waals surface area contributed by atoms with Gasteiger partial charge in [-0.25, -0.2) is 15.0 Å². The Morgan fingerprint density at radius 2 is 1.96 bits per heavy atom. The fourth-order valence-electron chi connectivity index (χ4n) is 2.70. The van der Waals surface area contributed by atoms with Crippen molar-refractivity contribution in [1.82, 2.24) is 19.5 Å². The molecule has 0 aliphatic rings. The first-order valence-corrected chi connectivity index (χ1v) is 12.1. The van der Waals surface area contributed by atoms with Gasteiger partial charge in [-0.1, -0.05) is 19.6 Å². The maximum Gasteiger partial charge on any atom is 0.161 e. The van der Waals surface area contributed by atoms with Gasteiger partial charge < -0.3 is 15.0 Å². The fourth-order valence-corrected chi connectivity index (χ4v) is 3.45. The van der Waals surface area contributed by atoms with Crippen LogP contribution in [0.25, 0.3) is 22.3 Å². The van der Waals surface area contributed by atoms with Crippen molar-refractivity contribution >= 4 is 24.8 Å². The van der Waals surface area contributed by atoms with Crippen LogP contribution in [0.15, 0.2) is 30.9 Å². The molecule has 0 atom stereocenters. The van der Waals surface area contributed by atoms with Gasteiger partial charge >= 0.3 is 0 Å². The quantitative estimate of drug-likeness (QED) is 0.530. The standard InChI is InChI=1S/C18H22N6OSi/c1-26(2,3)8-7-25-12-24-11-14(18-21-5-4-6-22-18)15-16(24)13(9-19)10-23-17(15)20/h4-6,10-11H,7-8,12H2,1-3H3,(H2,20,23).